The number of hydrogen-bond donors (Lipinski definition) is 0. The highest BCUT2D eigenvalue weighted by molar-refractivity contribution is 9.09. The van der Waals surface area contributed by atoms with E-state index in [1.165, 1.54) is 30.4 Å². The first-order chi connectivity index (χ1) is 7.55. The van der Waals surface area contributed by atoms with Crippen molar-refractivity contribution in [1.29, 1.82) is 0 Å². The van der Waals surface area contributed by atoms with Gasteiger partial charge in [0.25, 0.3) is 0 Å². The van der Waals surface area contributed by atoms with Crippen LogP contribution < -0.4 is 4.74 Å². The van der Waals surface area contributed by atoms with Gasteiger partial charge in [-0.05, 0) is 37.7 Å². The lowest BCUT2D eigenvalue weighted by molar-refractivity contribution is 0.386. The number of alkyl halides is 1. The highest BCUT2D eigenvalue weighted by atomic mass is 79.9. The van der Waals surface area contributed by atoms with Crippen LogP contribution in [0.5, 0.6) is 5.75 Å². The molecule has 1 fully saturated rings. The van der Waals surface area contributed by atoms with Crippen molar-refractivity contribution in [2.45, 2.75) is 43.4 Å². The minimum absolute atomic E-state index is 0.269. The van der Waals surface area contributed by atoms with Crippen molar-refractivity contribution < 1.29 is 4.74 Å². The molecule has 0 amide bonds. The van der Waals surface area contributed by atoms with E-state index >= 15 is 0 Å². The highest BCUT2D eigenvalue weighted by Crippen LogP contribution is 2.46. The van der Waals surface area contributed by atoms with Crippen molar-refractivity contribution in [3.8, 4) is 5.75 Å². The summed E-state index contributed by atoms with van der Waals surface area (Å²) in [5.41, 5.74) is 2.96. The molecular weight excluding hydrogens is 264 g/mol. The van der Waals surface area contributed by atoms with Gasteiger partial charge in [0.05, 0.1) is 7.11 Å². The second-order valence-electron chi connectivity index (χ2n) is 5.10. The molecule has 1 aromatic rings. The average Bonchev–Trinajstić information content (AvgIpc) is 2.60. The predicted molar refractivity (Wildman–Crippen MR) is 71.6 cm³/mol. The maximum atomic E-state index is 5.50. The van der Waals surface area contributed by atoms with Crippen LogP contribution in [-0.4, -0.2) is 11.9 Å². The molecule has 16 heavy (non-hydrogen) atoms. The molecule has 0 spiro atoms. The van der Waals surface area contributed by atoms with Crippen molar-refractivity contribution in [3.63, 3.8) is 0 Å². The largest absolute Gasteiger partial charge is 0.496 e. The Hall–Kier alpha value is -0.500. The second kappa shape index (κ2) is 4.40. The molecule has 2 rings (SSSR count). The summed E-state index contributed by atoms with van der Waals surface area (Å²) in [6, 6.07) is 6.49. The summed E-state index contributed by atoms with van der Waals surface area (Å²) >= 11 is 3.74. The van der Waals surface area contributed by atoms with E-state index in [9.17, 15) is 0 Å². The molecule has 0 N–H and O–H groups in total. The summed E-state index contributed by atoms with van der Waals surface area (Å²) in [7, 11) is 1.76. The van der Waals surface area contributed by atoms with Crippen molar-refractivity contribution in [2.24, 2.45) is 0 Å². The van der Waals surface area contributed by atoms with Crippen LogP contribution in [0.4, 0.5) is 0 Å². The molecule has 0 saturated heterocycles. The second-order valence-corrected chi connectivity index (χ2v) is 6.40. The van der Waals surface area contributed by atoms with Crippen LogP contribution in [-0.2, 0) is 5.41 Å². The predicted octanol–water partition coefficient (Wildman–Crippen LogP) is 4.21. The molecule has 0 radical (unpaired) electrons. The number of halogens is 1. The van der Waals surface area contributed by atoms with Crippen LogP contribution in [0.2, 0.25) is 0 Å². The molecule has 1 nitrogen and oxygen atoms in total. The van der Waals surface area contributed by atoms with Gasteiger partial charge < -0.3 is 4.74 Å². The monoisotopic (exact) mass is 282 g/mol. The van der Waals surface area contributed by atoms with Crippen LogP contribution in [0.3, 0.4) is 0 Å². The zero-order valence-electron chi connectivity index (χ0n) is 10.2. The van der Waals surface area contributed by atoms with Crippen LogP contribution >= 0.6 is 15.9 Å². The van der Waals surface area contributed by atoms with Gasteiger partial charge in [-0.1, -0.05) is 40.5 Å². The van der Waals surface area contributed by atoms with Crippen molar-refractivity contribution >= 4 is 15.9 Å². The van der Waals surface area contributed by atoms with E-state index < -0.39 is 0 Å². The Morgan fingerprint density at radius 3 is 2.75 bits per heavy atom. The third-order valence-electron chi connectivity index (χ3n) is 3.69. The molecule has 2 atom stereocenters. The zero-order chi connectivity index (χ0) is 11.8. The average molecular weight is 283 g/mol. The maximum absolute atomic E-state index is 5.50. The highest BCUT2D eigenvalue weighted by Gasteiger charge is 2.37. The Labute approximate surface area is 106 Å². The Kier molecular flexibility index (Phi) is 3.29. The molecule has 1 aliphatic rings. The Morgan fingerprint density at radius 2 is 2.19 bits per heavy atom. The number of hydrogen-bond acceptors (Lipinski definition) is 1. The maximum Gasteiger partial charge on any atom is 0.122 e. The summed E-state index contributed by atoms with van der Waals surface area (Å²) in [5.74, 6) is 1.04. The number of ether oxygens (including phenoxy) is 1. The van der Waals surface area contributed by atoms with Gasteiger partial charge >= 0.3 is 0 Å². The van der Waals surface area contributed by atoms with E-state index in [1.807, 2.05) is 0 Å². The normalized spacial score (nSPS) is 29.4. The molecule has 0 aliphatic heterocycles. The third-order valence-corrected chi connectivity index (χ3v) is 4.47. The van der Waals surface area contributed by atoms with Crippen molar-refractivity contribution in [3.05, 3.63) is 29.3 Å². The minimum Gasteiger partial charge on any atom is -0.496 e. The topological polar surface area (TPSA) is 9.23 Å². The van der Waals surface area contributed by atoms with Crippen LogP contribution in [0.1, 0.15) is 37.3 Å². The summed E-state index contributed by atoms with van der Waals surface area (Å²) in [6.07, 6.45) is 3.70. The van der Waals surface area contributed by atoms with Crippen molar-refractivity contribution in [1.82, 2.24) is 0 Å². The van der Waals surface area contributed by atoms with Gasteiger partial charge in [-0.25, -0.2) is 0 Å². The van der Waals surface area contributed by atoms with Crippen LogP contribution in [0.25, 0.3) is 0 Å². The number of benzene rings is 1. The first-order valence-electron chi connectivity index (χ1n) is 5.84. The Balaban J connectivity index is 2.42. The fraction of sp³-hybridized carbons (Fsp3) is 0.571. The summed E-state index contributed by atoms with van der Waals surface area (Å²) in [5, 5.41) is 0. The molecule has 0 bridgehead atoms. The fourth-order valence-corrected chi connectivity index (χ4v) is 3.65. The van der Waals surface area contributed by atoms with Crippen LogP contribution in [0, 0.1) is 6.92 Å². The fourth-order valence-electron chi connectivity index (χ4n) is 2.71. The number of methoxy groups -OCH3 is 1. The number of rotatable bonds is 2. The van der Waals surface area contributed by atoms with E-state index in [-0.39, 0.29) is 5.41 Å². The molecule has 1 aromatic carbocycles. The van der Waals surface area contributed by atoms with E-state index in [0.717, 1.165) is 5.75 Å². The Morgan fingerprint density at radius 1 is 1.44 bits per heavy atom. The quantitative estimate of drug-likeness (QED) is 0.739. The smallest absolute Gasteiger partial charge is 0.122 e. The molecule has 0 aromatic heterocycles. The molecular formula is C14H19BrO. The molecule has 1 aliphatic carbocycles. The van der Waals surface area contributed by atoms with Gasteiger partial charge in [0.2, 0.25) is 0 Å². The summed E-state index contributed by atoms with van der Waals surface area (Å²) in [6.45, 7) is 4.50. The zero-order valence-corrected chi connectivity index (χ0v) is 11.8. The molecule has 88 valence electrons. The SMILES string of the molecule is COc1ccc(C)cc1C1(C)CCC(Br)C1. The first kappa shape index (κ1) is 12.0. The van der Waals surface area contributed by atoms with E-state index in [2.05, 4.69) is 48.0 Å². The Bertz CT molecular complexity index is 388. The van der Waals surface area contributed by atoms with Gasteiger partial charge in [-0.2, -0.15) is 0 Å². The summed E-state index contributed by atoms with van der Waals surface area (Å²) in [4.78, 5) is 0.655. The van der Waals surface area contributed by atoms with E-state index in [4.69, 9.17) is 4.74 Å². The lowest BCUT2D eigenvalue weighted by Gasteiger charge is -2.27. The van der Waals surface area contributed by atoms with E-state index in [1.54, 1.807) is 7.11 Å². The van der Waals surface area contributed by atoms with Gasteiger partial charge in [-0.15, -0.1) is 0 Å². The third kappa shape index (κ3) is 2.13. The molecule has 2 unspecified atom stereocenters. The van der Waals surface area contributed by atoms with Crippen molar-refractivity contribution in [2.75, 3.05) is 7.11 Å². The first-order valence-corrected chi connectivity index (χ1v) is 6.76. The lowest BCUT2D eigenvalue weighted by Crippen LogP contribution is -2.19. The summed E-state index contributed by atoms with van der Waals surface area (Å²) < 4.78 is 5.50. The van der Waals surface area contributed by atoms with Gasteiger partial charge in [0.1, 0.15) is 5.75 Å². The van der Waals surface area contributed by atoms with Gasteiger partial charge in [0.15, 0.2) is 0 Å². The van der Waals surface area contributed by atoms with Gasteiger partial charge in [-0.3, -0.25) is 0 Å². The lowest BCUT2D eigenvalue weighted by atomic mass is 9.80. The number of aryl methyl sites for hydroxylation is 1. The van der Waals surface area contributed by atoms with Gasteiger partial charge in [0, 0.05) is 10.4 Å². The molecule has 0 heterocycles. The minimum atomic E-state index is 0.269. The van der Waals surface area contributed by atoms with E-state index in [0.29, 0.717) is 4.83 Å². The molecule has 1 saturated carbocycles. The van der Waals surface area contributed by atoms with Crippen LogP contribution in [0.15, 0.2) is 18.2 Å². The molecule has 2 heteroatoms. The standard InChI is InChI=1S/C14H19BrO/c1-10-4-5-13(16-3)12(8-10)14(2)7-6-11(15)9-14/h4-5,8,11H,6-7,9H2,1-3H3.